The minimum absolute atomic E-state index is 0.396. The van der Waals surface area contributed by atoms with Crippen LogP contribution in [0.25, 0.3) is 0 Å². The van der Waals surface area contributed by atoms with Crippen molar-refractivity contribution in [2.24, 2.45) is 5.10 Å². The van der Waals surface area contributed by atoms with Crippen LogP contribution in [0.5, 0.6) is 11.5 Å². The molecule has 0 radical (unpaired) electrons. The number of hydrogen-bond donors (Lipinski definition) is 1. The third-order valence-electron chi connectivity index (χ3n) is 7.07. The molecule has 1 aromatic heterocycles. The summed E-state index contributed by atoms with van der Waals surface area (Å²) in [6.45, 7) is 11.2. The van der Waals surface area contributed by atoms with Gasteiger partial charge < -0.3 is 19.3 Å². The molecule has 0 atom stereocenters. The Morgan fingerprint density at radius 3 is 2.10 bits per heavy atom. The zero-order valence-electron chi connectivity index (χ0n) is 23.3. The van der Waals surface area contributed by atoms with Crippen LogP contribution in [0.2, 0.25) is 0 Å². The van der Waals surface area contributed by atoms with Gasteiger partial charge in [0.25, 0.3) is 0 Å². The molecule has 9 heteroatoms. The molecule has 2 aliphatic heterocycles. The predicted octanol–water partition coefficient (Wildman–Crippen LogP) is 5.41. The fourth-order valence-electron chi connectivity index (χ4n) is 4.95. The molecule has 3 aromatic rings. The molecule has 9 nitrogen and oxygen atoms in total. The van der Waals surface area contributed by atoms with Gasteiger partial charge in [0.1, 0.15) is 24.7 Å². The van der Waals surface area contributed by atoms with Gasteiger partial charge in [0, 0.05) is 31.7 Å². The van der Waals surface area contributed by atoms with Crippen molar-refractivity contribution in [3.05, 3.63) is 59.2 Å². The van der Waals surface area contributed by atoms with Crippen LogP contribution in [0.15, 0.2) is 47.6 Å². The molecule has 2 fully saturated rings. The first-order chi connectivity index (χ1) is 19.1. The zero-order valence-corrected chi connectivity index (χ0v) is 23.3. The lowest BCUT2D eigenvalue weighted by atomic mass is 10.0. The molecule has 39 heavy (non-hydrogen) atoms. The van der Waals surface area contributed by atoms with Crippen molar-refractivity contribution in [1.29, 1.82) is 0 Å². The number of nitrogens with one attached hydrogen (secondary N) is 1. The fourth-order valence-corrected chi connectivity index (χ4v) is 4.95. The van der Waals surface area contributed by atoms with E-state index in [4.69, 9.17) is 14.5 Å². The number of hydrazone groups is 1. The van der Waals surface area contributed by atoms with Gasteiger partial charge in [-0.1, -0.05) is 38.1 Å². The van der Waals surface area contributed by atoms with E-state index in [-0.39, 0.29) is 0 Å². The van der Waals surface area contributed by atoms with E-state index in [1.807, 2.05) is 24.3 Å². The topological polar surface area (TPSA) is 88.0 Å². The Labute approximate surface area is 231 Å². The van der Waals surface area contributed by atoms with Crippen LogP contribution >= 0.6 is 0 Å². The summed E-state index contributed by atoms with van der Waals surface area (Å²) in [4.78, 5) is 18.5. The Bertz CT molecular complexity index is 1230. The molecule has 0 aliphatic carbocycles. The maximum absolute atomic E-state index is 6.09. The van der Waals surface area contributed by atoms with Crippen molar-refractivity contribution >= 4 is 24.1 Å². The molecule has 2 saturated heterocycles. The minimum Gasteiger partial charge on any atom is -0.490 e. The molecule has 1 N–H and O–H groups in total. The lowest BCUT2D eigenvalue weighted by Crippen LogP contribution is -2.25. The zero-order chi connectivity index (χ0) is 27.0. The Balaban J connectivity index is 1.22. The monoisotopic (exact) mass is 529 g/mol. The molecular formula is C30H39N7O2. The quantitative estimate of drug-likeness (QED) is 0.200. The van der Waals surface area contributed by atoms with Gasteiger partial charge in [-0.15, -0.1) is 0 Å². The first kappa shape index (κ1) is 26.7. The van der Waals surface area contributed by atoms with Gasteiger partial charge in [0.05, 0.1) is 6.21 Å². The summed E-state index contributed by atoms with van der Waals surface area (Å²) < 4.78 is 12.2. The lowest BCUT2D eigenvalue weighted by Gasteiger charge is -2.20. The number of benzene rings is 2. The largest absolute Gasteiger partial charge is 0.490 e. The average Bonchev–Trinajstić information content (AvgIpc) is 3.67. The maximum atomic E-state index is 6.09. The third kappa shape index (κ3) is 6.96. The number of nitrogens with zero attached hydrogens (tertiary/aromatic N) is 6. The van der Waals surface area contributed by atoms with E-state index in [0.717, 1.165) is 80.8 Å². The summed E-state index contributed by atoms with van der Waals surface area (Å²) >= 11 is 0. The van der Waals surface area contributed by atoms with Crippen LogP contribution in [0.4, 0.5) is 17.8 Å². The van der Waals surface area contributed by atoms with E-state index in [0.29, 0.717) is 25.1 Å². The van der Waals surface area contributed by atoms with Crippen molar-refractivity contribution in [1.82, 2.24) is 15.0 Å². The highest BCUT2D eigenvalue weighted by molar-refractivity contribution is 5.83. The third-order valence-corrected chi connectivity index (χ3v) is 7.07. The van der Waals surface area contributed by atoms with Crippen LogP contribution in [-0.4, -0.2) is 60.6 Å². The number of hydrogen-bond acceptors (Lipinski definition) is 9. The Hall–Kier alpha value is -3.88. The van der Waals surface area contributed by atoms with Gasteiger partial charge in [0.2, 0.25) is 17.8 Å². The molecule has 206 valence electrons. The fraction of sp³-hybridized carbons (Fsp3) is 0.467. The highest BCUT2D eigenvalue weighted by Gasteiger charge is 2.21. The van der Waals surface area contributed by atoms with Crippen LogP contribution in [0.1, 0.15) is 62.1 Å². The molecule has 0 amide bonds. The molecule has 5 rings (SSSR count). The minimum atomic E-state index is 0.396. The Kier molecular flexibility index (Phi) is 8.75. The van der Waals surface area contributed by atoms with Crippen molar-refractivity contribution < 1.29 is 9.47 Å². The normalized spacial score (nSPS) is 15.5. The smallest absolute Gasteiger partial charge is 0.250 e. The van der Waals surface area contributed by atoms with Crippen molar-refractivity contribution in [3.8, 4) is 11.5 Å². The van der Waals surface area contributed by atoms with Crippen molar-refractivity contribution in [3.63, 3.8) is 0 Å². The average molecular weight is 530 g/mol. The van der Waals surface area contributed by atoms with Crippen molar-refractivity contribution in [2.45, 2.75) is 52.4 Å². The second-order valence-electron chi connectivity index (χ2n) is 10.4. The number of aryl methyl sites for hydroxylation is 1. The number of para-hydroxylation sites is 1. The number of rotatable bonds is 11. The van der Waals surface area contributed by atoms with E-state index in [1.165, 1.54) is 11.1 Å². The second kappa shape index (κ2) is 12.8. The molecule has 2 aromatic carbocycles. The second-order valence-corrected chi connectivity index (χ2v) is 10.4. The van der Waals surface area contributed by atoms with Crippen LogP contribution in [-0.2, 0) is 0 Å². The van der Waals surface area contributed by atoms with Gasteiger partial charge in [-0.2, -0.15) is 20.1 Å². The first-order valence-electron chi connectivity index (χ1n) is 14.1. The maximum Gasteiger partial charge on any atom is 0.250 e. The molecular weight excluding hydrogens is 490 g/mol. The molecule has 2 aliphatic rings. The van der Waals surface area contributed by atoms with E-state index < -0.39 is 0 Å². The van der Waals surface area contributed by atoms with E-state index in [9.17, 15) is 0 Å². The standard InChI is InChI=1S/C30H39N7O2/c1-22(2)25-13-12-23(3)20-27(25)39-19-18-38-26-11-5-4-10-24(26)21-31-35-28-32-29(36-14-6-7-15-36)34-30(33-28)37-16-8-9-17-37/h4-5,10-13,20-22H,6-9,14-19H2,1-3H3,(H,32,33,34,35)/b31-21-. The van der Waals surface area contributed by atoms with Crippen LogP contribution in [0, 0.1) is 6.92 Å². The summed E-state index contributed by atoms with van der Waals surface area (Å²) in [5, 5.41) is 4.45. The number of aromatic nitrogens is 3. The Morgan fingerprint density at radius 2 is 1.46 bits per heavy atom. The summed E-state index contributed by atoms with van der Waals surface area (Å²) in [7, 11) is 0. The number of anilines is 3. The summed E-state index contributed by atoms with van der Waals surface area (Å²) in [6.07, 6.45) is 6.39. The lowest BCUT2D eigenvalue weighted by molar-refractivity contribution is 0.215. The van der Waals surface area contributed by atoms with Gasteiger partial charge >= 0.3 is 0 Å². The molecule has 0 spiro atoms. The highest BCUT2D eigenvalue weighted by Crippen LogP contribution is 2.28. The highest BCUT2D eigenvalue weighted by atomic mass is 16.5. The van der Waals surface area contributed by atoms with Crippen molar-refractivity contribution in [2.75, 3.05) is 54.6 Å². The van der Waals surface area contributed by atoms with Crippen LogP contribution in [0.3, 0.4) is 0 Å². The first-order valence-corrected chi connectivity index (χ1v) is 14.1. The number of ether oxygens (including phenoxy) is 2. The van der Waals surface area contributed by atoms with E-state index in [1.54, 1.807) is 6.21 Å². The molecule has 0 bridgehead atoms. The van der Waals surface area contributed by atoms with Gasteiger partial charge in [-0.3, -0.25) is 0 Å². The molecule has 0 unspecified atom stereocenters. The van der Waals surface area contributed by atoms with E-state index in [2.05, 4.69) is 69.3 Å². The van der Waals surface area contributed by atoms with E-state index >= 15 is 0 Å². The Morgan fingerprint density at radius 1 is 0.846 bits per heavy atom. The summed E-state index contributed by atoms with van der Waals surface area (Å²) in [5.74, 6) is 3.96. The SMILES string of the molecule is Cc1ccc(C(C)C)c(OCCOc2ccccc2/C=N\Nc2nc(N3CCCC3)nc(N3CCCC3)n2)c1. The molecule has 3 heterocycles. The predicted molar refractivity (Wildman–Crippen MR) is 157 cm³/mol. The van der Waals surface area contributed by atoms with Gasteiger partial charge in [-0.25, -0.2) is 5.43 Å². The van der Waals surface area contributed by atoms with Gasteiger partial charge in [0.15, 0.2) is 0 Å². The van der Waals surface area contributed by atoms with Gasteiger partial charge in [-0.05, 0) is 67.9 Å². The summed E-state index contributed by atoms with van der Waals surface area (Å²) in [6, 6.07) is 14.2. The van der Waals surface area contributed by atoms with Crippen LogP contribution < -0.4 is 24.7 Å². The summed E-state index contributed by atoms with van der Waals surface area (Å²) in [5.41, 5.74) is 6.28. The molecule has 0 saturated carbocycles.